The van der Waals surface area contributed by atoms with E-state index in [1.54, 1.807) is 13.8 Å². The number of aliphatic hydroxyl groups is 4. The topological polar surface area (TPSA) is 423 Å². The quantitative estimate of drug-likeness (QED) is 0.0211. The van der Waals surface area contributed by atoms with Gasteiger partial charge in [0.05, 0.1) is 49.2 Å². The summed E-state index contributed by atoms with van der Waals surface area (Å²) in [7, 11) is 0. The van der Waals surface area contributed by atoms with Crippen molar-refractivity contribution >= 4 is 70.9 Å². The normalized spacial score (nSPS) is 21.6. The summed E-state index contributed by atoms with van der Waals surface area (Å²) in [6, 6.07) is -5.56. The standard InChI is InChI=1S/C44H77N11O15S/c1-24(2)16-29(44(69)70)54-41(66)28(11-5-7-13-46)52-35(61)21-49-33(59)19-48-34(60)20-50-40(65)27(10-4-6-12-45)53-42(67)30(51-25(3)57)23-71-32-18-36(62)55(43(32)68)15-9-8-14-47-37-31(58)17-26(22-56)38(63)39(37)64/h24,26-32,37-39,47,56,58,63-64H,4-23,45-46H2,1-3H3,(H,48,60)(H,49,59)(H,50,65)(H,51,57)(H,52,61)(H,53,67)(H,54,66)(H,69,70)/t26-,27?,28?,29?,30?,31?,32?,37+,38-,39-/m1/s1. The summed E-state index contributed by atoms with van der Waals surface area (Å²) >= 11 is 0.978. The predicted octanol–water partition coefficient (Wildman–Crippen LogP) is -5.62. The highest BCUT2D eigenvalue weighted by Gasteiger charge is 2.43. The van der Waals surface area contributed by atoms with Gasteiger partial charge in [-0.25, -0.2) is 4.79 Å². The number of carboxylic acids is 1. The Bertz CT molecular complexity index is 1800. The van der Waals surface area contributed by atoms with Gasteiger partial charge in [-0.2, -0.15) is 0 Å². The number of hydrogen-bond acceptors (Lipinski definition) is 18. The van der Waals surface area contributed by atoms with Crippen LogP contribution in [0.4, 0.5) is 0 Å². The molecular formula is C44H77N11O15S. The molecule has 404 valence electrons. The van der Waals surface area contributed by atoms with Gasteiger partial charge in [0.15, 0.2) is 0 Å². The van der Waals surface area contributed by atoms with Crippen molar-refractivity contribution in [2.45, 2.75) is 145 Å². The van der Waals surface area contributed by atoms with E-state index in [1.807, 2.05) is 0 Å². The first-order valence-corrected chi connectivity index (χ1v) is 25.1. The maximum absolute atomic E-state index is 13.6. The number of amides is 9. The summed E-state index contributed by atoms with van der Waals surface area (Å²) in [6.45, 7) is 3.56. The van der Waals surface area contributed by atoms with E-state index in [0.29, 0.717) is 51.6 Å². The van der Waals surface area contributed by atoms with Crippen LogP contribution in [0, 0.1) is 11.8 Å². The number of nitrogens with zero attached hydrogens (tertiary/aromatic N) is 1. The summed E-state index contributed by atoms with van der Waals surface area (Å²) in [6.07, 6.45) is -0.482. The van der Waals surface area contributed by atoms with E-state index in [9.17, 15) is 73.5 Å². The highest BCUT2D eigenvalue weighted by Crippen LogP contribution is 2.27. The molecule has 0 bridgehead atoms. The maximum Gasteiger partial charge on any atom is 0.326 e. The first kappa shape index (κ1) is 62.1. The van der Waals surface area contributed by atoms with Gasteiger partial charge in [0, 0.05) is 38.2 Å². The van der Waals surface area contributed by atoms with Crippen LogP contribution in [0.25, 0.3) is 0 Å². The lowest BCUT2D eigenvalue weighted by atomic mass is 9.80. The van der Waals surface area contributed by atoms with Crippen molar-refractivity contribution in [3.05, 3.63) is 0 Å². The molecule has 9 amide bonds. The van der Waals surface area contributed by atoms with Crippen LogP contribution < -0.4 is 54.0 Å². The Kier molecular flexibility index (Phi) is 28.7. The molecule has 6 unspecified atom stereocenters. The van der Waals surface area contributed by atoms with Gasteiger partial charge in [-0.05, 0) is 89.8 Å². The van der Waals surface area contributed by atoms with Gasteiger partial charge in [-0.1, -0.05) is 13.8 Å². The van der Waals surface area contributed by atoms with Gasteiger partial charge in [-0.3, -0.25) is 48.1 Å². The summed E-state index contributed by atoms with van der Waals surface area (Å²) in [4.78, 5) is 129. The van der Waals surface area contributed by atoms with Crippen molar-refractivity contribution in [2.24, 2.45) is 23.3 Å². The minimum absolute atomic E-state index is 0.0399. The molecule has 2 aliphatic rings. The smallest absolute Gasteiger partial charge is 0.326 e. The van der Waals surface area contributed by atoms with Gasteiger partial charge in [0.25, 0.3) is 0 Å². The largest absolute Gasteiger partial charge is 0.480 e. The molecule has 26 nitrogen and oxygen atoms in total. The van der Waals surface area contributed by atoms with Gasteiger partial charge in [0.2, 0.25) is 53.2 Å². The van der Waals surface area contributed by atoms with Crippen molar-refractivity contribution in [1.29, 1.82) is 0 Å². The molecule has 71 heavy (non-hydrogen) atoms. The van der Waals surface area contributed by atoms with Crippen LogP contribution in [0.3, 0.4) is 0 Å². The third-order valence-corrected chi connectivity index (χ3v) is 13.1. The van der Waals surface area contributed by atoms with Crippen LogP contribution in [0.2, 0.25) is 0 Å². The Labute approximate surface area is 417 Å². The second-order valence-corrected chi connectivity index (χ2v) is 19.4. The van der Waals surface area contributed by atoms with Crippen LogP contribution in [0.15, 0.2) is 0 Å². The molecule has 1 saturated heterocycles. The van der Waals surface area contributed by atoms with E-state index >= 15 is 0 Å². The molecule has 1 aliphatic carbocycles. The fourth-order valence-corrected chi connectivity index (χ4v) is 9.05. The van der Waals surface area contributed by atoms with E-state index in [1.165, 1.54) is 6.92 Å². The van der Waals surface area contributed by atoms with Gasteiger partial charge >= 0.3 is 5.97 Å². The highest BCUT2D eigenvalue weighted by molar-refractivity contribution is 8.00. The second-order valence-electron chi connectivity index (χ2n) is 18.1. The minimum Gasteiger partial charge on any atom is -0.480 e. The molecule has 2 fully saturated rings. The SMILES string of the molecule is CC(=O)NC(CSC1CC(=O)N(CCCCN[C@H]2C(O)C[C@H](CO)[C@@H](O)[C@@H]2O)C1=O)C(=O)NC(CCCCN)C(=O)NCC(=O)NCC(=O)NCC(=O)NC(CCCCN)C(=O)NC(CC(C)C)C(=O)O. The van der Waals surface area contributed by atoms with Crippen LogP contribution in [0.1, 0.15) is 91.4 Å². The number of hydrogen-bond donors (Lipinski definition) is 15. The fourth-order valence-electron chi connectivity index (χ4n) is 7.86. The van der Waals surface area contributed by atoms with Crippen LogP contribution >= 0.6 is 11.8 Å². The zero-order valence-corrected chi connectivity index (χ0v) is 41.6. The number of aliphatic carboxylic acids is 1. The van der Waals surface area contributed by atoms with Crippen molar-refractivity contribution in [3.63, 3.8) is 0 Å². The van der Waals surface area contributed by atoms with Gasteiger partial charge in [0.1, 0.15) is 24.2 Å². The number of unbranched alkanes of at least 4 members (excludes halogenated alkanes) is 3. The Balaban J connectivity index is 1.89. The summed E-state index contributed by atoms with van der Waals surface area (Å²) in [5.74, 6) is -8.19. The predicted molar refractivity (Wildman–Crippen MR) is 257 cm³/mol. The second kappa shape index (κ2) is 32.8. The number of likely N-dealkylation sites (tertiary alicyclic amines) is 1. The average Bonchev–Trinajstić information content (AvgIpc) is 3.58. The Morgan fingerprint density at radius 3 is 1.83 bits per heavy atom. The number of thioether (sulfide) groups is 1. The number of carbonyl (C=O) groups is 10. The first-order valence-electron chi connectivity index (χ1n) is 24.1. The van der Waals surface area contributed by atoms with Crippen LogP contribution in [-0.4, -0.2) is 202 Å². The van der Waals surface area contributed by atoms with Crippen molar-refractivity contribution in [1.82, 2.24) is 47.4 Å². The number of nitrogens with one attached hydrogen (secondary N) is 8. The Hall–Kier alpha value is -5.03. The molecule has 0 spiro atoms. The molecule has 1 saturated carbocycles. The summed E-state index contributed by atoms with van der Waals surface area (Å²) in [5.41, 5.74) is 11.2. The third kappa shape index (κ3) is 22.5. The van der Waals surface area contributed by atoms with Gasteiger partial charge in [-0.15, -0.1) is 11.8 Å². The van der Waals surface area contributed by atoms with E-state index in [0.717, 1.165) is 16.7 Å². The lowest BCUT2D eigenvalue weighted by Crippen LogP contribution is -2.60. The van der Waals surface area contributed by atoms with E-state index < -0.39 is 138 Å². The zero-order chi connectivity index (χ0) is 53.2. The van der Waals surface area contributed by atoms with Crippen molar-refractivity contribution in [3.8, 4) is 0 Å². The number of nitrogens with two attached hydrogens (primary N) is 2. The van der Waals surface area contributed by atoms with Crippen LogP contribution in [0.5, 0.6) is 0 Å². The number of carboxylic acid groups (broad SMARTS) is 1. The molecule has 1 aliphatic heterocycles. The lowest BCUT2D eigenvalue weighted by Gasteiger charge is -2.40. The van der Waals surface area contributed by atoms with E-state index in [2.05, 4.69) is 42.5 Å². The monoisotopic (exact) mass is 1030 g/mol. The summed E-state index contributed by atoms with van der Waals surface area (Å²) < 4.78 is 0. The molecule has 0 aromatic rings. The highest BCUT2D eigenvalue weighted by atomic mass is 32.2. The molecule has 27 heteroatoms. The molecule has 0 aromatic carbocycles. The number of imide groups is 1. The molecule has 2 rings (SSSR count). The average molecular weight is 1030 g/mol. The molecule has 0 aromatic heterocycles. The molecule has 0 radical (unpaired) electrons. The van der Waals surface area contributed by atoms with E-state index in [4.69, 9.17) is 11.5 Å². The molecule has 17 N–H and O–H groups in total. The van der Waals surface area contributed by atoms with Crippen LogP contribution in [-0.2, 0) is 47.9 Å². The minimum atomic E-state index is -1.30. The van der Waals surface area contributed by atoms with Crippen molar-refractivity contribution in [2.75, 3.05) is 58.2 Å². The first-order chi connectivity index (χ1) is 33.6. The number of carbonyl (C=O) groups excluding carboxylic acids is 9. The Morgan fingerprint density at radius 1 is 0.704 bits per heavy atom. The third-order valence-electron chi connectivity index (χ3n) is 11.8. The summed E-state index contributed by atoms with van der Waals surface area (Å²) in [5, 5.41) is 69.0. The fraction of sp³-hybridized carbons (Fsp3) is 0.773. The van der Waals surface area contributed by atoms with E-state index in [-0.39, 0.29) is 63.5 Å². The molecular weight excluding hydrogens is 955 g/mol. The maximum atomic E-state index is 13.6. The number of aliphatic hydroxyl groups excluding tert-OH is 4. The number of rotatable bonds is 34. The Morgan fingerprint density at radius 2 is 1.27 bits per heavy atom. The molecule has 10 atom stereocenters. The molecule has 1 heterocycles. The lowest BCUT2D eigenvalue weighted by molar-refractivity contribution is -0.143. The zero-order valence-electron chi connectivity index (χ0n) is 40.8. The van der Waals surface area contributed by atoms with Crippen molar-refractivity contribution < 1.29 is 73.5 Å². The van der Waals surface area contributed by atoms with Gasteiger partial charge < -0.3 is 79.5 Å².